The summed E-state index contributed by atoms with van der Waals surface area (Å²) < 4.78 is 32.4. The van der Waals surface area contributed by atoms with E-state index in [9.17, 15) is 8.78 Å². The van der Waals surface area contributed by atoms with Crippen LogP contribution in [0.3, 0.4) is 0 Å². The summed E-state index contributed by atoms with van der Waals surface area (Å²) in [4.78, 5) is 2.04. The Morgan fingerprint density at radius 1 is 1.35 bits per heavy atom. The molecule has 1 aliphatic heterocycles. The van der Waals surface area contributed by atoms with E-state index in [0.717, 1.165) is 5.33 Å². The molecule has 0 aliphatic carbocycles. The number of alkyl halides is 1. The minimum Gasteiger partial charge on any atom is -0.378 e. The Balaban J connectivity index is 2.13. The summed E-state index contributed by atoms with van der Waals surface area (Å²) in [5.74, 6) is -0.963. The molecular formula is C12H14BrF2NO. The summed E-state index contributed by atoms with van der Waals surface area (Å²) in [5.41, 5.74) is 0.139. The van der Waals surface area contributed by atoms with Gasteiger partial charge in [0.2, 0.25) is 0 Å². The van der Waals surface area contributed by atoms with Crippen molar-refractivity contribution >= 4 is 15.9 Å². The maximum atomic E-state index is 13.5. The van der Waals surface area contributed by atoms with Gasteiger partial charge in [0, 0.05) is 30.0 Å². The van der Waals surface area contributed by atoms with Crippen LogP contribution >= 0.6 is 15.9 Å². The molecule has 0 N–H and O–H groups in total. The third-order valence-corrected chi connectivity index (χ3v) is 3.70. The predicted octanol–water partition coefficient (Wildman–Crippen LogP) is 2.56. The average Bonchev–Trinajstić information content (AvgIpc) is 2.34. The first-order valence-electron chi connectivity index (χ1n) is 5.53. The van der Waals surface area contributed by atoms with Gasteiger partial charge >= 0.3 is 0 Å². The normalized spacial score (nSPS) is 21.7. The van der Waals surface area contributed by atoms with Gasteiger partial charge in [0.05, 0.1) is 13.2 Å². The van der Waals surface area contributed by atoms with Crippen molar-refractivity contribution in [3.63, 3.8) is 0 Å². The van der Waals surface area contributed by atoms with Crippen LogP contribution in [0.15, 0.2) is 18.2 Å². The maximum Gasteiger partial charge on any atom is 0.130 e. The number of ether oxygens (including phenoxy) is 1. The second-order valence-corrected chi connectivity index (χ2v) is 4.70. The molecule has 1 heterocycles. The fourth-order valence-corrected chi connectivity index (χ4v) is 2.52. The molecule has 0 bridgehead atoms. The van der Waals surface area contributed by atoms with Gasteiger partial charge in [-0.3, -0.25) is 4.90 Å². The van der Waals surface area contributed by atoms with Crippen molar-refractivity contribution in [3.05, 3.63) is 35.4 Å². The van der Waals surface area contributed by atoms with E-state index in [-0.39, 0.29) is 18.2 Å². The molecule has 17 heavy (non-hydrogen) atoms. The van der Waals surface area contributed by atoms with Gasteiger partial charge in [-0.05, 0) is 12.1 Å². The lowest BCUT2D eigenvalue weighted by Crippen LogP contribution is -2.46. The van der Waals surface area contributed by atoms with Gasteiger partial charge in [-0.25, -0.2) is 8.78 Å². The number of rotatable bonds is 3. The summed E-state index contributed by atoms with van der Waals surface area (Å²) in [5, 5.41) is 0.739. The fraction of sp³-hybridized carbons (Fsp3) is 0.500. The van der Waals surface area contributed by atoms with Gasteiger partial charge in [-0.1, -0.05) is 22.0 Å². The zero-order chi connectivity index (χ0) is 12.3. The largest absolute Gasteiger partial charge is 0.378 e. The highest BCUT2D eigenvalue weighted by Gasteiger charge is 2.24. The second-order valence-electron chi connectivity index (χ2n) is 4.05. The van der Waals surface area contributed by atoms with Crippen LogP contribution in [0.1, 0.15) is 5.56 Å². The summed E-state index contributed by atoms with van der Waals surface area (Å²) >= 11 is 3.39. The summed E-state index contributed by atoms with van der Waals surface area (Å²) in [6.45, 7) is 2.20. The van der Waals surface area contributed by atoms with E-state index >= 15 is 0 Å². The van der Waals surface area contributed by atoms with E-state index in [1.165, 1.54) is 18.2 Å². The maximum absolute atomic E-state index is 13.5. The van der Waals surface area contributed by atoms with Crippen molar-refractivity contribution in [1.82, 2.24) is 4.90 Å². The number of hydrogen-bond acceptors (Lipinski definition) is 2. The standard InChI is InChI=1S/C12H14BrF2NO/c13-6-9-8-17-5-4-16(9)7-10-11(14)2-1-3-12(10)15/h1-3,9H,4-8H2. The lowest BCUT2D eigenvalue weighted by molar-refractivity contribution is -0.00303. The third kappa shape index (κ3) is 3.03. The van der Waals surface area contributed by atoms with Gasteiger partial charge in [-0.2, -0.15) is 0 Å². The molecular weight excluding hydrogens is 292 g/mol. The topological polar surface area (TPSA) is 12.5 Å². The molecule has 1 aliphatic rings. The van der Waals surface area contributed by atoms with Crippen LogP contribution in [0, 0.1) is 11.6 Å². The van der Waals surface area contributed by atoms with Crippen LogP contribution < -0.4 is 0 Å². The lowest BCUT2D eigenvalue weighted by atomic mass is 10.1. The minimum atomic E-state index is -0.482. The molecule has 2 rings (SSSR count). The molecule has 0 radical (unpaired) electrons. The SMILES string of the molecule is Fc1cccc(F)c1CN1CCOCC1CBr. The van der Waals surface area contributed by atoms with Crippen molar-refractivity contribution < 1.29 is 13.5 Å². The zero-order valence-electron chi connectivity index (χ0n) is 9.33. The quantitative estimate of drug-likeness (QED) is 0.796. The second kappa shape index (κ2) is 5.89. The van der Waals surface area contributed by atoms with Crippen LogP contribution in [-0.4, -0.2) is 36.0 Å². The monoisotopic (exact) mass is 305 g/mol. The van der Waals surface area contributed by atoms with E-state index in [4.69, 9.17) is 4.74 Å². The molecule has 1 aromatic rings. The van der Waals surface area contributed by atoms with Crippen LogP contribution in [0.4, 0.5) is 8.78 Å². The molecule has 2 nitrogen and oxygen atoms in total. The number of halogens is 3. The minimum absolute atomic E-state index is 0.139. The zero-order valence-corrected chi connectivity index (χ0v) is 10.9. The first-order chi connectivity index (χ1) is 8.22. The van der Waals surface area contributed by atoms with Crippen LogP contribution in [-0.2, 0) is 11.3 Å². The highest BCUT2D eigenvalue weighted by Crippen LogP contribution is 2.18. The first-order valence-corrected chi connectivity index (χ1v) is 6.65. The number of benzene rings is 1. The molecule has 0 amide bonds. The van der Waals surface area contributed by atoms with E-state index in [1.807, 2.05) is 4.90 Å². The number of nitrogens with zero attached hydrogens (tertiary/aromatic N) is 1. The molecule has 5 heteroatoms. The van der Waals surface area contributed by atoms with E-state index in [1.54, 1.807) is 0 Å². The van der Waals surface area contributed by atoms with Crippen molar-refractivity contribution in [2.24, 2.45) is 0 Å². The molecule has 1 aromatic carbocycles. The van der Waals surface area contributed by atoms with Gasteiger partial charge in [0.25, 0.3) is 0 Å². The molecule has 0 saturated carbocycles. The Hall–Kier alpha value is -0.520. The highest BCUT2D eigenvalue weighted by molar-refractivity contribution is 9.09. The molecule has 1 fully saturated rings. The van der Waals surface area contributed by atoms with Crippen LogP contribution in [0.25, 0.3) is 0 Å². The lowest BCUT2D eigenvalue weighted by Gasteiger charge is -2.34. The molecule has 0 aromatic heterocycles. The van der Waals surface area contributed by atoms with E-state index < -0.39 is 11.6 Å². The molecule has 0 spiro atoms. The molecule has 1 atom stereocenters. The summed E-state index contributed by atoms with van der Waals surface area (Å²) in [6.07, 6.45) is 0. The van der Waals surface area contributed by atoms with Gasteiger partial charge in [0.15, 0.2) is 0 Å². The van der Waals surface area contributed by atoms with Gasteiger partial charge < -0.3 is 4.74 Å². The Bertz CT molecular complexity index is 369. The summed E-state index contributed by atoms with van der Waals surface area (Å²) in [6, 6.07) is 4.14. The molecule has 94 valence electrons. The van der Waals surface area contributed by atoms with E-state index in [0.29, 0.717) is 19.8 Å². The highest BCUT2D eigenvalue weighted by atomic mass is 79.9. The van der Waals surface area contributed by atoms with E-state index in [2.05, 4.69) is 15.9 Å². The molecule has 1 saturated heterocycles. The smallest absolute Gasteiger partial charge is 0.130 e. The van der Waals surface area contributed by atoms with Crippen molar-refractivity contribution in [2.75, 3.05) is 25.1 Å². The van der Waals surface area contributed by atoms with Gasteiger partial charge in [-0.15, -0.1) is 0 Å². The van der Waals surface area contributed by atoms with Crippen molar-refractivity contribution in [1.29, 1.82) is 0 Å². The summed E-state index contributed by atoms with van der Waals surface area (Å²) in [7, 11) is 0. The van der Waals surface area contributed by atoms with Gasteiger partial charge in [0.1, 0.15) is 11.6 Å². The Morgan fingerprint density at radius 3 is 2.71 bits per heavy atom. The Labute approximate surface area is 108 Å². The van der Waals surface area contributed by atoms with Crippen LogP contribution in [0.5, 0.6) is 0 Å². The Kier molecular flexibility index (Phi) is 4.48. The molecule has 1 unspecified atom stereocenters. The third-order valence-electron chi connectivity index (χ3n) is 2.95. The van der Waals surface area contributed by atoms with Crippen molar-refractivity contribution in [2.45, 2.75) is 12.6 Å². The van der Waals surface area contributed by atoms with Crippen LogP contribution in [0.2, 0.25) is 0 Å². The predicted molar refractivity (Wildman–Crippen MR) is 65.2 cm³/mol. The van der Waals surface area contributed by atoms with Crippen molar-refractivity contribution in [3.8, 4) is 0 Å². The Morgan fingerprint density at radius 2 is 2.06 bits per heavy atom. The first kappa shape index (κ1) is 12.9. The number of hydrogen-bond donors (Lipinski definition) is 0. The average molecular weight is 306 g/mol. The number of morpholine rings is 1. The fourth-order valence-electron chi connectivity index (χ4n) is 1.93.